The van der Waals surface area contributed by atoms with E-state index in [1.165, 1.54) is 12.4 Å². The van der Waals surface area contributed by atoms with Crippen molar-refractivity contribution < 1.29 is 9.72 Å². The molecule has 0 aliphatic carbocycles. The van der Waals surface area contributed by atoms with Crippen molar-refractivity contribution in [3.63, 3.8) is 0 Å². The van der Waals surface area contributed by atoms with Crippen LogP contribution in [-0.4, -0.2) is 55.7 Å². The third-order valence-corrected chi connectivity index (χ3v) is 6.28. The topological polar surface area (TPSA) is 106 Å². The largest absolute Gasteiger partial charge is 0.331 e. The van der Waals surface area contributed by atoms with Gasteiger partial charge in [-0.15, -0.1) is 10.2 Å². The molecule has 27 heavy (non-hydrogen) atoms. The number of hydrogen-bond donors (Lipinski definition) is 1. The van der Waals surface area contributed by atoms with Gasteiger partial charge in [0.25, 0.3) is 11.6 Å². The number of aromatic nitrogens is 3. The SMILES string of the molecule is Cn1cnnc1Sc1ccc(C(=O)N2C3CCNCC2CC3)cc1[N+](=O)[O-]. The molecule has 0 spiro atoms. The zero-order valence-electron chi connectivity index (χ0n) is 14.9. The van der Waals surface area contributed by atoms with Crippen LogP contribution in [0.4, 0.5) is 5.69 Å². The summed E-state index contributed by atoms with van der Waals surface area (Å²) in [5, 5.41) is 23.2. The van der Waals surface area contributed by atoms with Gasteiger partial charge in [0.2, 0.25) is 0 Å². The maximum absolute atomic E-state index is 13.1. The number of nitro groups is 1. The van der Waals surface area contributed by atoms with Crippen LogP contribution in [0.1, 0.15) is 29.6 Å². The summed E-state index contributed by atoms with van der Waals surface area (Å²) >= 11 is 1.16. The predicted octanol–water partition coefficient (Wildman–Crippen LogP) is 1.84. The molecular weight excluding hydrogens is 368 g/mol. The van der Waals surface area contributed by atoms with E-state index in [-0.39, 0.29) is 23.7 Å². The van der Waals surface area contributed by atoms with E-state index >= 15 is 0 Å². The van der Waals surface area contributed by atoms with Crippen molar-refractivity contribution in [1.29, 1.82) is 0 Å². The minimum absolute atomic E-state index is 0.0888. The van der Waals surface area contributed by atoms with E-state index in [1.54, 1.807) is 23.7 Å². The average Bonchev–Trinajstić information content (AvgIpc) is 3.16. The van der Waals surface area contributed by atoms with Crippen molar-refractivity contribution in [3.8, 4) is 0 Å². The van der Waals surface area contributed by atoms with Crippen LogP contribution in [0, 0.1) is 10.1 Å². The number of nitrogens with zero attached hydrogens (tertiary/aromatic N) is 5. The lowest BCUT2D eigenvalue weighted by molar-refractivity contribution is -0.387. The van der Waals surface area contributed by atoms with Crippen LogP contribution in [0.3, 0.4) is 0 Å². The van der Waals surface area contributed by atoms with Crippen LogP contribution in [0.2, 0.25) is 0 Å². The minimum Gasteiger partial charge on any atom is -0.331 e. The Bertz CT molecular complexity index is 871. The van der Waals surface area contributed by atoms with Gasteiger partial charge >= 0.3 is 0 Å². The van der Waals surface area contributed by atoms with Gasteiger partial charge in [-0.3, -0.25) is 14.9 Å². The average molecular weight is 388 g/mol. The van der Waals surface area contributed by atoms with Gasteiger partial charge in [0, 0.05) is 37.3 Å². The molecule has 10 heteroatoms. The molecule has 4 rings (SSSR count). The highest BCUT2D eigenvalue weighted by molar-refractivity contribution is 7.99. The number of amides is 1. The van der Waals surface area contributed by atoms with Crippen molar-refractivity contribution >= 4 is 23.4 Å². The Labute approximate surface area is 160 Å². The number of carbonyl (C=O) groups is 1. The lowest BCUT2D eigenvalue weighted by Gasteiger charge is -2.28. The van der Waals surface area contributed by atoms with Gasteiger partial charge in [0.1, 0.15) is 6.33 Å². The van der Waals surface area contributed by atoms with Crippen molar-refractivity contribution in [2.45, 2.75) is 41.4 Å². The van der Waals surface area contributed by atoms with E-state index in [1.807, 2.05) is 4.90 Å². The molecule has 2 bridgehead atoms. The number of hydrogen-bond acceptors (Lipinski definition) is 7. The zero-order valence-corrected chi connectivity index (χ0v) is 15.7. The monoisotopic (exact) mass is 388 g/mol. The van der Waals surface area contributed by atoms with E-state index in [0.717, 1.165) is 44.1 Å². The smallest absolute Gasteiger partial charge is 0.284 e. The van der Waals surface area contributed by atoms with E-state index in [9.17, 15) is 14.9 Å². The molecule has 0 radical (unpaired) electrons. The van der Waals surface area contributed by atoms with E-state index in [0.29, 0.717) is 15.6 Å². The van der Waals surface area contributed by atoms with Crippen molar-refractivity contribution in [2.24, 2.45) is 7.05 Å². The quantitative estimate of drug-likeness (QED) is 0.629. The fourth-order valence-corrected chi connectivity index (χ4v) is 4.66. The summed E-state index contributed by atoms with van der Waals surface area (Å²) in [5.41, 5.74) is 0.275. The molecule has 2 aromatic rings. The maximum atomic E-state index is 13.1. The molecule has 9 nitrogen and oxygen atoms in total. The van der Waals surface area contributed by atoms with Gasteiger partial charge in [-0.1, -0.05) is 0 Å². The predicted molar refractivity (Wildman–Crippen MR) is 98.7 cm³/mol. The first-order valence-electron chi connectivity index (χ1n) is 8.88. The molecule has 1 aromatic heterocycles. The lowest BCUT2D eigenvalue weighted by Crippen LogP contribution is -2.42. The summed E-state index contributed by atoms with van der Waals surface area (Å²) in [4.78, 5) is 26.6. The van der Waals surface area contributed by atoms with Gasteiger partial charge < -0.3 is 14.8 Å². The Kier molecular flexibility index (Phi) is 4.83. The van der Waals surface area contributed by atoms with Crippen LogP contribution < -0.4 is 5.32 Å². The first-order chi connectivity index (χ1) is 13.0. The number of carbonyl (C=O) groups excluding carboxylic acids is 1. The summed E-state index contributed by atoms with van der Waals surface area (Å²) in [6.07, 6.45) is 4.44. The second kappa shape index (κ2) is 7.28. The molecule has 2 aliphatic heterocycles. The van der Waals surface area contributed by atoms with Crippen molar-refractivity contribution in [2.75, 3.05) is 13.1 Å². The normalized spacial score (nSPS) is 21.9. The standard InChI is InChI=1S/C17H20N6O3S/c1-21-10-19-20-17(21)27-15-5-2-11(8-14(15)23(25)26)16(24)22-12-3-4-13(22)9-18-7-6-12/h2,5,8,10,12-13,18H,3-4,6-7,9H2,1H3. The molecule has 2 fully saturated rings. The maximum Gasteiger partial charge on any atom is 0.284 e. The Morgan fingerprint density at radius 3 is 2.89 bits per heavy atom. The summed E-state index contributed by atoms with van der Waals surface area (Å²) < 4.78 is 1.69. The molecule has 3 heterocycles. The molecular formula is C17H20N6O3S. The Balaban J connectivity index is 1.64. The Morgan fingerprint density at radius 1 is 1.33 bits per heavy atom. The highest BCUT2D eigenvalue weighted by Gasteiger charge is 2.38. The fourth-order valence-electron chi connectivity index (χ4n) is 3.81. The molecule has 2 saturated heterocycles. The second-order valence-corrected chi connectivity index (χ2v) is 7.87. The molecule has 1 amide bonds. The van der Waals surface area contributed by atoms with E-state index in [4.69, 9.17) is 0 Å². The van der Waals surface area contributed by atoms with Gasteiger partial charge in [0.15, 0.2) is 5.16 Å². The van der Waals surface area contributed by atoms with Crippen LogP contribution in [0.15, 0.2) is 34.6 Å². The molecule has 2 aliphatic rings. The van der Waals surface area contributed by atoms with Crippen LogP contribution in [0.5, 0.6) is 0 Å². The third-order valence-electron chi connectivity index (χ3n) is 5.16. The number of fused-ring (bicyclic) bond motifs is 2. The van der Waals surface area contributed by atoms with Gasteiger partial charge in [-0.25, -0.2) is 0 Å². The molecule has 0 saturated carbocycles. The Hall–Kier alpha value is -2.46. The highest BCUT2D eigenvalue weighted by atomic mass is 32.2. The Morgan fingerprint density at radius 2 is 2.15 bits per heavy atom. The number of benzene rings is 1. The molecule has 1 N–H and O–H groups in total. The zero-order chi connectivity index (χ0) is 19.0. The van der Waals surface area contributed by atoms with Crippen LogP contribution in [0.25, 0.3) is 0 Å². The molecule has 1 aromatic carbocycles. The highest BCUT2D eigenvalue weighted by Crippen LogP contribution is 2.35. The first kappa shape index (κ1) is 17.9. The number of rotatable bonds is 4. The molecule has 2 unspecified atom stereocenters. The molecule has 142 valence electrons. The summed E-state index contributed by atoms with van der Waals surface area (Å²) in [6, 6.07) is 5.06. The summed E-state index contributed by atoms with van der Waals surface area (Å²) in [7, 11) is 1.77. The van der Waals surface area contributed by atoms with Crippen LogP contribution in [-0.2, 0) is 7.05 Å². The summed E-state index contributed by atoms with van der Waals surface area (Å²) in [6.45, 7) is 1.68. The van der Waals surface area contributed by atoms with Crippen molar-refractivity contribution in [1.82, 2.24) is 25.0 Å². The van der Waals surface area contributed by atoms with E-state index in [2.05, 4.69) is 15.5 Å². The lowest BCUT2D eigenvalue weighted by atomic mass is 10.1. The summed E-state index contributed by atoms with van der Waals surface area (Å²) in [5.74, 6) is -0.121. The van der Waals surface area contributed by atoms with Gasteiger partial charge in [0.05, 0.1) is 9.82 Å². The van der Waals surface area contributed by atoms with Gasteiger partial charge in [-0.05, 0) is 49.7 Å². The van der Waals surface area contributed by atoms with Crippen molar-refractivity contribution in [3.05, 3.63) is 40.2 Å². The molecule has 2 atom stereocenters. The van der Waals surface area contributed by atoms with E-state index < -0.39 is 4.92 Å². The second-order valence-electron chi connectivity index (χ2n) is 6.86. The fraction of sp³-hybridized carbons (Fsp3) is 0.471. The van der Waals surface area contributed by atoms with Crippen LogP contribution >= 0.6 is 11.8 Å². The number of nitrogens with one attached hydrogen (secondary N) is 1. The number of nitro benzene ring substituents is 1. The minimum atomic E-state index is -0.450. The number of aryl methyl sites for hydroxylation is 1. The first-order valence-corrected chi connectivity index (χ1v) is 9.70. The third kappa shape index (κ3) is 3.42. The van der Waals surface area contributed by atoms with Gasteiger partial charge in [-0.2, -0.15) is 0 Å².